The van der Waals surface area contributed by atoms with E-state index in [1.807, 2.05) is 13.8 Å². The number of halogens is 1. The van der Waals surface area contributed by atoms with E-state index in [1.54, 1.807) is 0 Å². The molecule has 6 heteroatoms. The number of hydrogen-bond donors (Lipinski definition) is 1. The van der Waals surface area contributed by atoms with Gasteiger partial charge in [0.15, 0.2) is 12.0 Å². The first kappa shape index (κ1) is 10.1. The summed E-state index contributed by atoms with van der Waals surface area (Å²) in [7, 11) is 0. The predicted octanol–water partition coefficient (Wildman–Crippen LogP) is 1.59. The number of hydrogen-bond acceptors (Lipinski definition) is 3. The molecule has 0 aliphatic carbocycles. The maximum Gasteiger partial charge on any atom is 0.375 e. The molecule has 2 heterocycles. The minimum absolute atomic E-state index is 0.0874. The van der Waals surface area contributed by atoms with Gasteiger partial charge < -0.3 is 5.11 Å². The SMILES string of the molecule is CC(C)[C@@H]1C[C@H](F)c2nc(C(=O)O)nn21. The smallest absolute Gasteiger partial charge is 0.375 e. The van der Waals surface area contributed by atoms with Crippen LogP contribution < -0.4 is 0 Å². The third-order valence-corrected chi connectivity index (χ3v) is 2.66. The summed E-state index contributed by atoms with van der Waals surface area (Å²) in [5.41, 5.74) is 0. The number of carboxylic acids is 1. The van der Waals surface area contributed by atoms with E-state index in [2.05, 4.69) is 10.1 Å². The van der Waals surface area contributed by atoms with Gasteiger partial charge in [-0.2, -0.15) is 0 Å². The Labute approximate surface area is 85.9 Å². The van der Waals surface area contributed by atoms with Gasteiger partial charge in [-0.05, 0) is 5.92 Å². The molecule has 1 aliphatic heterocycles. The maximum absolute atomic E-state index is 13.5. The van der Waals surface area contributed by atoms with Crippen LogP contribution in [0.2, 0.25) is 0 Å². The molecule has 82 valence electrons. The largest absolute Gasteiger partial charge is 0.475 e. The Kier molecular flexibility index (Phi) is 2.21. The Bertz CT molecular complexity index is 402. The average Bonchev–Trinajstić information content (AvgIpc) is 2.66. The van der Waals surface area contributed by atoms with Gasteiger partial charge in [0.2, 0.25) is 0 Å². The molecule has 0 unspecified atom stereocenters. The fourth-order valence-corrected chi connectivity index (χ4v) is 1.86. The summed E-state index contributed by atoms with van der Waals surface area (Å²) in [6.45, 7) is 3.91. The molecule has 0 radical (unpaired) electrons. The molecule has 1 aromatic rings. The molecule has 0 bridgehead atoms. The summed E-state index contributed by atoms with van der Waals surface area (Å²) in [6.07, 6.45) is -0.856. The molecular weight excluding hydrogens is 201 g/mol. The highest BCUT2D eigenvalue weighted by Crippen LogP contribution is 2.39. The van der Waals surface area contributed by atoms with E-state index in [-0.39, 0.29) is 23.6 Å². The zero-order valence-corrected chi connectivity index (χ0v) is 8.51. The lowest BCUT2D eigenvalue weighted by molar-refractivity contribution is 0.0682. The van der Waals surface area contributed by atoms with Crippen molar-refractivity contribution in [1.82, 2.24) is 14.8 Å². The molecular formula is C9H12FN3O2. The summed E-state index contributed by atoms with van der Waals surface area (Å²) >= 11 is 0. The van der Waals surface area contributed by atoms with E-state index < -0.39 is 12.1 Å². The van der Waals surface area contributed by atoms with Gasteiger partial charge in [0.25, 0.3) is 5.82 Å². The monoisotopic (exact) mass is 213 g/mol. The Morgan fingerprint density at radius 1 is 1.67 bits per heavy atom. The molecule has 1 aliphatic rings. The Hall–Kier alpha value is -1.46. The van der Waals surface area contributed by atoms with Gasteiger partial charge in [-0.15, -0.1) is 5.10 Å². The lowest BCUT2D eigenvalue weighted by Gasteiger charge is -2.14. The molecule has 0 fully saturated rings. The van der Waals surface area contributed by atoms with E-state index in [1.165, 1.54) is 4.68 Å². The highest BCUT2D eigenvalue weighted by atomic mass is 19.1. The normalized spacial score (nSPS) is 24.5. The van der Waals surface area contributed by atoms with E-state index in [9.17, 15) is 9.18 Å². The quantitative estimate of drug-likeness (QED) is 0.809. The van der Waals surface area contributed by atoms with E-state index in [4.69, 9.17) is 5.11 Å². The molecule has 2 rings (SSSR count). The maximum atomic E-state index is 13.5. The first-order valence-corrected chi connectivity index (χ1v) is 4.84. The minimum Gasteiger partial charge on any atom is -0.475 e. The molecule has 0 saturated carbocycles. The van der Waals surface area contributed by atoms with Crippen LogP contribution in [0.3, 0.4) is 0 Å². The number of fused-ring (bicyclic) bond motifs is 1. The molecule has 15 heavy (non-hydrogen) atoms. The zero-order chi connectivity index (χ0) is 11.2. The number of carbonyl (C=O) groups is 1. The first-order chi connectivity index (χ1) is 7.00. The third kappa shape index (κ3) is 1.49. The van der Waals surface area contributed by atoms with Crippen LogP contribution in [0.5, 0.6) is 0 Å². The van der Waals surface area contributed by atoms with Crippen LogP contribution >= 0.6 is 0 Å². The Morgan fingerprint density at radius 3 is 2.87 bits per heavy atom. The molecule has 0 saturated heterocycles. The van der Waals surface area contributed by atoms with Gasteiger partial charge in [-0.3, -0.25) is 0 Å². The number of rotatable bonds is 2. The summed E-state index contributed by atoms with van der Waals surface area (Å²) in [4.78, 5) is 14.3. The average molecular weight is 213 g/mol. The summed E-state index contributed by atoms with van der Waals surface area (Å²) < 4.78 is 14.9. The number of aromatic nitrogens is 3. The topological polar surface area (TPSA) is 68.0 Å². The van der Waals surface area contributed by atoms with Gasteiger partial charge in [0.1, 0.15) is 0 Å². The molecule has 0 spiro atoms. The van der Waals surface area contributed by atoms with Crippen LogP contribution in [-0.2, 0) is 0 Å². The van der Waals surface area contributed by atoms with Crippen molar-refractivity contribution in [3.8, 4) is 0 Å². The van der Waals surface area contributed by atoms with Gasteiger partial charge in [0, 0.05) is 6.42 Å². The van der Waals surface area contributed by atoms with Crippen molar-refractivity contribution in [2.75, 3.05) is 0 Å². The zero-order valence-electron chi connectivity index (χ0n) is 8.51. The van der Waals surface area contributed by atoms with Crippen LogP contribution in [0.1, 0.15) is 48.9 Å². The van der Waals surface area contributed by atoms with Crippen LogP contribution in [0.4, 0.5) is 4.39 Å². The van der Waals surface area contributed by atoms with Crippen molar-refractivity contribution in [3.05, 3.63) is 11.6 Å². The molecule has 0 amide bonds. The van der Waals surface area contributed by atoms with E-state index >= 15 is 0 Å². The van der Waals surface area contributed by atoms with Crippen molar-refractivity contribution in [2.45, 2.75) is 32.5 Å². The summed E-state index contributed by atoms with van der Waals surface area (Å²) in [6, 6.07) is -0.0874. The van der Waals surface area contributed by atoms with Gasteiger partial charge >= 0.3 is 5.97 Å². The first-order valence-electron chi connectivity index (χ1n) is 4.84. The number of carboxylic acid groups (broad SMARTS) is 1. The summed E-state index contributed by atoms with van der Waals surface area (Å²) in [5.74, 6) is -1.18. The van der Waals surface area contributed by atoms with Crippen molar-refractivity contribution in [2.24, 2.45) is 5.92 Å². The standard InChI is InChI=1S/C9H12FN3O2/c1-4(2)6-3-5(10)8-11-7(9(14)15)12-13(6)8/h4-6H,3H2,1-2H3,(H,14,15)/t5-,6-/m0/s1. The highest BCUT2D eigenvalue weighted by molar-refractivity contribution is 5.82. The Balaban J connectivity index is 2.41. The second-order valence-corrected chi connectivity index (χ2v) is 4.06. The lowest BCUT2D eigenvalue weighted by Crippen LogP contribution is -2.13. The van der Waals surface area contributed by atoms with E-state index in [0.29, 0.717) is 6.42 Å². The van der Waals surface area contributed by atoms with Crippen molar-refractivity contribution in [3.63, 3.8) is 0 Å². The highest BCUT2D eigenvalue weighted by Gasteiger charge is 2.36. The number of alkyl halides is 1. The van der Waals surface area contributed by atoms with Crippen molar-refractivity contribution in [1.29, 1.82) is 0 Å². The Morgan fingerprint density at radius 2 is 2.33 bits per heavy atom. The minimum atomic E-state index is -1.22. The van der Waals surface area contributed by atoms with Gasteiger partial charge in [0.05, 0.1) is 6.04 Å². The second kappa shape index (κ2) is 3.29. The number of aromatic carboxylic acids is 1. The van der Waals surface area contributed by atoms with Gasteiger partial charge in [-0.25, -0.2) is 18.9 Å². The molecule has 0 aromatic carbocycles. The van der Waals surface area contributed by atoms with Crippen LogP contribution in [-0.4, -0.2) is 25.8 Å². The molecule has 1 aromatic heterocycles. The van der Waals surface area contributed by atoms with Crippen LogP contribution in [0.25, 0.3) is 0 Å². The molecule has 1 N–H and O–H groups in total. The second-order valence-electron chi connectivity index (χ2n) is 4.06. The fraction of sp³-hybridized carbons (Fsp3) is 0.667. The predicted molar refractivity (Wildman–Crippen MR) is 49.3 cm³/mol. The van der Waals surface area contributed by atoms with Gasteiger partial charge in [-0.1, -0.05) is 13.8 Å². The lowest BCUT2D eigenvalue weighted by atomic mass is 10.0. The van der Waals surface area contributed by atoms with Crippen molar-refractivity contribution < 1.29 is 14.3 Å². The van der Waals surface area contributed by atoms with E-state index in [0.717, 1.165) is 0 Å². The molecule has 5 nitrogen and oxygen atoms in total. The van der Waals surface area contributed by atoms with Crippen molar-refractivity contribution >= 4 is 5.97 Å². The summed E-state index contributed by atoms with van der Waals surface area (Å²) in [5, 5.41) is 12.5. The number of nitrogens with zero attached hydrogens (tertiary/aromatic N) is 3. The third-order valence-electron chi connectivity index (χ3n) is 2.66. The molecule has 2 atom stereocenters. The van der Waals surface area contributed by atoms with Crippen LogP contribution in [0, 0.1) is 5.92 Å². The van der Waals surface area contributed by atoms with Crippen LogP contribution in [0.15, 0.2) is 0 Å². The fourth-order valence-electron chi connectivity index (χ4n) is 1.86.